The van der Waals surface area contributed by atoms with Gasteiger partial charge in [0.15, 0.2) is 12.4 Å². The summed E-state index contributed by atoms with van der Waals surface area (Å²) in [5.74, 6) is -2.00. The van der Waals surface area contributed by atoms with Crippen molar-refractivity contribution in [1.82, 2.24) is 0 Å². The molecule has 0 aliphatic rings. The van der Waals surface area contributed by atoms with Crippen LogP contribution in [0.5, 0.6) is 0 Å². The second kappa shape index (κ2) is 9.28. The van der Waals surface area contributed by atoms with Gasteiger partial charge < -0.3 is 4.74 Å². The highest BCUT2D eigenvalue weighted by molar-refractivity contribution is 7.92. The molecule has 6 nitrogen and oxygen atoms in total. The first kappa shape index (κ1) is 22.5. The zero-order valence-corrected chi connectivity index (χ0v) is 17.9. The average molecular weight is 462 g/mol. The van der Waals surface area contributed by atoms with E-state index in [4.69, 9.17) is 16.3 Å². The van der Waals surface area contributed by atoms with Crippen LogP contribution in [-0.4, -0.2) is 33.8 Å². The maximum Gasteiger partial charge on any atom is 0.340 e. The minimum Gasteiger partial charge on any atom is -0.454 e. The van der Waals surface area contributed by atoms with E-state index in [9.17, 15) is 22.4 Å². The Morgan fingerprint density at radius 2 is 1.65 bits per heavy atom. The van der Waals surface area contributed by atoms with E-state index in [0.717, 1.165) is 22.5 Å². The van der Waals surface area contributed by atoms with Crippen LogP contribution in [-0.2, 0) is 14.8 Å². The molecule has 0 fully saturated rings. The van der Waals surface area contributed by atoms with Crippen LogP contribution in [0.3, 0.4) is 0 Å². The molecule has 0 amide bonds. The fourth-order valence-electron chi connectivity index (χ4n) is 2.68. The van der Waals surface area contributed by atoms with E-state index in [2.05, 4.69) is 0 Å². The van der Waals surface area contributed by atoms with Crippen LogP contribution >= 0.6 is 11.6 Å². The third-order valence-corrected chi connectivity index (χ3v) is 6.55. The van der Waals surface area contributed by atoms with Crippen LogP contribution in [0.15, 0.2) is 77.7 Å². The zero-order chi connectivity index (χ0) is 22.6. The van der Waals surface area contributed by atoms with Crippen LogP contribution in [0.4, 0.5) is 10.1 Å². The lowest BCUT2D eigenvalue weighted by Gasteiger charge is -2.20. The maximum atomic E-state index is 13.0. The Balaban J connectivity index is 1.79. The number of rotatable bonds is 7. The van der Waals surface area contributed by atoms with E-state index >= 15 is 0 Å². The molecule has 0 saturated carbocycles. The number of sulfonamides is 1. The van der Waals surface area contributed by atoms with Crippen molar-refractivity contribution in [1.29, 1.82) is 0 Å². The summed E-state index contributed by atoms with van der Waals surface area (Å²) in [6.07, 6.45) is 0. The number of ketones is 1. The Kier molecular flexibility index (Phi) is 6.72. The van der Waals surface area contributed by atoms with Gasteiger partial charge in [-0.2, -0.15) is 0 Å². The summed E-state index contributed by atoms with van der Waals surface area (Å²) in [4.78, 5) is 24.4. The number of nitrogens with zero attached hydrogens (tertiary/aromatic N) is 1. The highest BCUT2D eigenvalue weighted by Gasteiger charge is 2.24. The monoisotopic (exact) mass is 461 g/mol. The van der Waals surface area contributed by atoms with E-state index in [1.165, 1.54) is 31.3 Å². The molecule has 0 bridgehead atoms. The quantitative estimate of drug-likeness (QED) is 0.386. The summed E-state index contributed by atoms with van der Waals surface area (Å²) < 4.78 is 44.9. The van der Waals surface area contributed by atoms with Crippen LogP contribution in [0.25, 0.3) is 0 Å². The molecule has 0 saturated heterocycles. The van der Waals surface area contributed by atoms with E-state index in [0.29, 0.717) is 5.69 Å². The first-order valence-electron chi connectivity index (χ1n) is 8.99. The lowest BCUT2D eigenvalue weighted by Crippen LogP contribution is -2.26. The van der Waals surface area contributed by atoms with E-state index < -0.39 is 34.2 Å². The second-order valence-corrected chi connectivity index (χ2v) is 8.83. The average Bonchev–Trinajstić information content (AvgIpc) is 2.78. The second-order valence-electron chi connectivity index (χ2n) is 6.46. The number of ether oxygens (including phenoxy) is 1. The number of Topliss-reactive ketones (excluding diaryl/α,β-unsaturated/α-hetero) is 1. The summed E-state index contributed by atoms with van der Waals surface area (Å²) in [6, 6.07) is 16.8. The molecule has 0 N–H and O–H groups in total. The van der Waals surface area contributed by atoms with Gasteiger partial charge in [-0.15, -0.1) is 0 Å². The largest absolute Gasteiger partial charge is 0.454 e. The van der Waals surface area contributed by atoms with Crippen molar-refractivity contribution in [3.8, 4) is 0 Å². The smallest absolute Gasteiger partial charge is 0.340 e. The lowest BCUT2D eigenvalue weighted by atomic mass is 10.1. The molecule has 0 atom stereocenters. The summed E-state index contributed by atoms with van der Waals surface area (Å²) in [6.45, 7) is -0.609. The molecule has 0 aliphatic heterocycles. The van der Waals surface area contributed by atoms with Gasteiger partial charge in [0.25, 0.3) is 10.0 Å². The Hall–Kier alpha value is -3.23. The number of hydrogen-bond acceptors (Lipinski definition) is 5. The number of para-hydroxylation sites is 1. The van der Waals surface area contributed by atoms with Gasteiger partial charge in [0, 0.05) is 12.6 Å². The van der Waals surface area contributed by atoms with Crippen molar-refractivity contribution in [3.63, 3.8) is 0 Å². The number of benzene rings is 3. The van der Waals surface area contributed by atoms with Crippen LogP contribution in [0.2, 0.25) is 5.02 Å². The first-order chi connectivity index (χ1) is 14.7. The molecular weight excluding hydrogens is 445 g/mol. The number of anilines is 1. The number of halogens is 2. The highest BCUT2D eigenvalue weighted by Crippen LogP contribution is 2.26. The highest BCUT2D eigenvalue weighted by atomic mass is 35.5. The van der Waals surface area contributed by atoms with Gasteiger partial charge >= 0.3 is 5.97 Å². The molecule has 160 valence electrons. The van der Waals surface area contributed by atoms with Gasteiger partial charge in [-0.05, 0) is 54.6 Å². The molecule has 0 aromatic heterocycles. The Morgan fingerprint density at radius 3 is 2.29 bits per heavy atom. The van der Waals surface area contributed by atoms with E-state index in [1.54, 1.807) is 30.3 Å². The Labute approximate surface area is 183 Å². The minimum absolute atomic E-state index is 0.0273. The standard InChI is InChI=1S/C22H17ClFNO5S/c1-25(17-5-3-2-4-6-17)31(28,29)18-11-12-20(23)19(13-18)22(27)30-14-21(26)15-7-9-16(24)10-8-15/h2-13H,14H2,1H3. The van der Waals surface area contributed by atoms with Gasteiger partial charge in [-0.3, -0.25) is 9.10 Å². The van der Waals surface area contributed by atoms with Crippen molar-refractivity contribution in [3.05, 3.63) is 94.8 Å². The molecule has 0 aliphatic carbocycles. The van der Waals surface area contributed by atoms with Crippen molar-refractivity contribution in [2.75, 3.05) is 18.0 Å². The van der Waals surface area contributed by atoms with Crippen molar-refractivity contribution < 1.29 is 27.1 Å². The third-order valence-electron chi connectivity index (χ3n) is 4.44. The van der Waals surface area contributed by atoms with E-state index in [-0.39, 0.29) is 21.0 Å². The molecule has 0 unspecified atom stereocenters. The topological polar surface area (TPSA) is 80.8 Å². The fourth-order valence-corrected chi connectivity index (χ4v) is 4.10. The SMILES string of the molecule is CN(c1ccccc1)S(=O)(=O)c1ccc(Cl)c(C(=O)OCC(=O)c2ccc(F)cc2)c1. The summed E-state index contributed by atoms with van der Waals surface area (Å²) in [7, 11) is -2.59. The van der Waals surface area contributed by atoms with Crippen LogP contribution in [0.1, 0.15) is 20.7 Å². The molecular formula is C22H17ClFNO5S. The summed E-state index contributed by atoms with van der Waals surface area (Å²) in [5.41, 5.74) is 0.406. The molecule has 9 heteroatoms. The Morgan fingerprint density at radius 1 is 1.00 bits per heavy atom. The van der Waals surface area contributed by atoms with Gasteiger partial charge in [0.05, 0.1) is 21.2 Å². The third kappa shape index (κ3) is 5.10. The molecule has 31 heavy (non-hydrogen) atoms. The summed E-state index contributed by atoms with van der Waals surface area (Å²) >= 11 is 6.05. The van der Waals surface area contributed by atoms with Crippen molar-refractivity contribution in [2.24, 2.45) is 0 Å². The maximum absolute atomic E-state index is 13.0. The number of hydrogen-bond donors (Lipinski definition) is 0. The van der Waals surface area contributed by atoms with Crippen molar-refractivity contribution in [2.45, 2.75) is 4.90 Å². The van der Waals surface area contributed by atoms with Crippen molar-refractivity contribution >= 4 is 39.1 Å². The predicted octanol–water partition coefficient (Wildman–Crippen LogP) is 4.34. The molecule has 3 aromatic rings. The zero-order valence-electron chi connectivity index (χ0n) is 16.3. The molecule has 0 heterocycles. The van der Waals surface area contributed by atoms with Gasteiger partial charge in [-0.1, -0.05) is 29.8 Å². The molecule has 0 spiro atoms. The fraction of sp³-hybridized carbons (Fsp3) is 0.0909. The van der Waals surface area contributed by atoms with Crippen LogP contribution in [0, 0.1) is 5.82 Å². The van der Waals surface area contributed by atoms with Gasteiger partial charge in [-0.25, -0.2) is 17.6 Å². The Bertz CT molecular complexity index is 1210. The summed E-state index contributed by atoms with van der Waals surface area (Å²) in [5, 5.41) is -0.0273. The molecule has 0 radical (unpaired) electrons. The van der Waals surface area contributed by atoms with Crippen LogP contribution < -0.4 is 4.31 Å². The lowest BCUT2D eigenvalue weighted by molar-refractivity contribution is 0.0474. The number of carbonyl (C=O) groups excluding carboxylic acids is 2. The van der Waals surface area contributed by atoms with E-state index in [1.807, 2.05) is 0 Å². The number of carbonyl (C=O) groups is 2. The predicted molar refractivity (Wildman–Crippen MR) is 114 cm³/mol. The van der Waals surface area contributed by atoms with Gasteiger partial charge in [0.1, 0.15) is 5.82 Å². The molecule has 3 rings (SSSR count). The normalized spacial score (nSPS) is 11.1. The first-order valence-corrected chi connectivity index (χ1v) is 10.8. The minimum atomic E-state index is -3.98. The molecule has 3 aromatic carbocycles. The van der Waals surface area contributed by atoms with Gasteiger partial charge in [0.2, 0.25) is 0 Å². The number of esters is 1.